The van der Waals surface area contributed by atoms with E-state index >= 15 is 0 Å². The van der Waals surface area contributed by atoms with Gasteiger partial charge in [-0.15, -0.1) is 0 Å². The highest BCUT2D eigenvalue weighted by Crippen LogP contribution is 2.46. The first-order valence-corrected chi connectivity index (χ1v) is 8.61. The maximum absolute atomic E-state index is 12.4. The van der Waals surface area contributed by atoms with Gasteiger partial charge in [0.1, 0.15) is 0 Å². The van der Waals surface area contributed by atoms with Crippen molar-refractivity contribution in [1.29, 1.82) is 0 Å². The molecule has 4 rings (SSSR count). The molecule has 0 aliphatic carbocycles. The van der Waals surface area contributed by atoms with Crippen molar-refractivity contribution >= 4 is 34.7 Å². The first kappa shape index (κ1) is 15.1. The maximum atomic E-state index is 12.4. The number of Topliss-reactive ketones (excluding diaryl/α,β-unsaturated/α-hetero) is 1. The van der Waals surface area contributed by atoms with Gasteiger partial charge < -0.3 is 0 Å². The quantitative estimate of drug-likeness (QED) is 0.489. The highest BCUT2D eigenvalue weighted by atomic mass is 32.2. The number of hydrogen-bond acceptors (Lipinski definition) is 5. The Hall–Kier alpha value is -2.47. The molecule has 0 saturated carbocycles. The van der Waals surface area contributed by atoms with E-state index in [1.54, 1.807) is 41.2 Å². The zero-order chi connectivity index (χ0) is 16.9. The van der Waals surface area contributed by atoms with Crippen LogP contribution in [0.1, 0.15) is 29.8 Å². The molecule has 0 atom stereocenters. The summed E-state index contributed by atoms with van der Waals surface area (Å²) >= 11 is 1.54. The first-order chi connectivity index (χ1) is 11.5. The van der Waals surface area contributed by atoms with Gasteiger partial charge >= 0.3 is 0 Å². The number of benzene rings is 1. The van der Waals surface area contributed by atoms with Crippen molar-refractivity contribution in [2.24, 2.45) is 0 Å². The zero-order valence-corrected chi connectivity index (χ0v) is 14.1. The topological polar surface area (TPSA) is 63.2 Å². The van der Waals surface area contributed by atoms with E-state index in [1.165, 1.54) is 0 Å². The molecule has 6 heteroatoms. The molecule has 2 aromatic rings. The van der Waals surface area contributed by atoms with Crippen molar-refractivity contribution in [3.05, 3.63) is 53.9 Å². The van der Waals surface area contributed by atoms with E-state index in [0.29, 0.717) is 16.5 Å². The van der Waals surface area contributed by atoms with E-state index in [-0.39, 0.29) is 0 Å². The summed E-state index contributed by atoms with van der Waals surface area (Å²) in [5.41, 5.74) is 2.73. The van der Waals surface area contributed by atoms with Gasteiger partial charge in [-0.3, -0.25) is 14.5 Å². The Labute approximate surface area is 143 Å². The van der Waals surface area contributed by atoms with Gasteiger partial charge in [0, 0.05) is 23.7 Å². The van der Waals surface area contributed by atoms with E-state index in [1.807, 2.05) is 26.0 Å². The van der Waals surface area contributed by atoms with Gasteiger partial charge in [-0.1, -0.05) is 30.0 Å². The molecule has 0 N–H and O–H groups in total. The summed E-state index contributed by atoms with van der Waals surface area (Å²) in [7, 11) is 0. The number of para-hydroxylation sites is 1. The number of thioether (sulfide) groups is 1. The Morgan fingerprint density at radius 1 is 1.08 bits per heavy atom. The third kappa shape index (κ3) is 2.17. The number of carbonyl (C=O) groups excluding carboxylic acids is 2. The van der Waals surface area contributed by atoms with Crippen molar-refractivity contribution in [3.63, 3.8) is 0 Å². The molecule has 120 valence electrons. The standard InChI is InChI=1S/C18H15N3O2S/c1-18(2)9-11(10-24-17-19-7-4-8-20-17)12-5-3-6-13-14(12)21(18)16(23)15(13)22/h3-9H,10H2,1-2H3. The minimum Gasteiger partial charge on any atom is -0.295 e. The molecule has 0 bridgehead atoms. The maximum Gasteiger partial charge on any atom is 0.300 e. The molecule has 0 unspecified atom stereocenters. The fourth-order valence-electron chi connectivity index (χ4n) is 3.29. The van der Waals surface area contributed by atoms with Crippen molar-refractivity contribution in [2.75, 3.05) is 10.7 Å². The van der Waals surface area contributed by atoms with Gasteiger partial charge in [-0.2, -0.15) is 0 Å². The van der Waals surface area contributed by atoms with E-state index < -0.39 is 17.2 Å². The van der Waals surface area contributed by atoms with E-state index in [9.17, 15) is 9.59 Å². The molecule has 3 heterocycles. The molecule has 0 saturated heterocycles. The normalized spacial score (nSPS) is 17.8. The zero-order valence-electron chi connectivity index (χ0n) is 13.3. The number of ketones is 1. The molecule has 0 radical (unpaired) electrons. The lowest BCUT2D eigenvalue weighted by Gasteiger charge is -2.38. The fraction of sp³-hybridized carbons (Fsp3) is 0.222. The van der Waals surface area contributed by atoms with Crippen molar-refractivity contribution in [2.45, 2.75) is 24.5 Å². The van der Waals surface area contributed by atoms with Crippen LogP contribution in [0.4, 0.5) is 5.69 Å². The van der Waals surface area contributed by atoms with E-state index in [0.717, 1.165) is 16.8 Å². The number of amides is 1. The van der Waals surface area contributed by atoms with Gasteiger partial charge in [0.25, 0.3) is 11.7 Å². The molecule has 1 aromatic carbocycles. The summed E-state index contributed by atoms with van der Waals surface area (Å²) in [6, 6.07) is 7.31. The summed E-state index contributed by atoms with van der Waals surface area (Å²) in [5.74, 6) is -0.189. The van der Waals surface area contributed by atoms with Crippen LogP contribution in [0.2, 0.25) is 0 Å². The largest absolute Gasteiger partial charge is 0.300 e. The van der Waals surface area contributed by atoms with Gasteiger partial charge in [0.05, 0.1) is 16.8 Å². The molecular formula is C18H15N3O2S. The van der Waals surface area contributed by atoms with Crippen LogP contribution in [0.25, 0.3) is 5.57 Å². The van der Waals surface area contributed by atoms with Gasteiger partial charge in [-0.05, 0) is 31.6 Å². The molecule has 1 amide bonds. The molecule has 0 fully saturated rings. The van der Waals surface area contributed by atoms with Crippen LogP contribution < -0.4 is 4.90 Å². The second-order valence-electron chi connectivity index (χ2n) is 6.31. The Balaban J connectivity index is 1.76. The Morgan fingerprint density at radius 2 is 1.79 bits per heavy atom. The lowest BCUT2D eigenvalue weighted by molar-refractivity contribution is -0.115. The van der Waals surface area contributed by atoms with Crippen LogP contribution in [0.3, 0.4) is 0 Å². The lowest BCUT2D eigenvalue weighted by atomic mass is 9.89. The molecular weight excluding hydrogens is 322 g/mol. The first-order valence-electron chi connectivity index (χ1n) is 7.63. The van der Waals surface area contributed by atoms with E-state index in [4.69, 9.17) is 0 Å². The number of nitrogens with zero attached hydrogens (tertiary/aromatic N) is 3. The van der Waals surface area contributed by atoms with Crippen LogP contribution in [-0.2, 0) is 4.79 Å². The summed E-state index contributed by atoms with van der Waals surface area (Å²) in [6.45, 7) is 3.90. The number of hydrogen-bond donors (Lipinski definition) is 0. The van der Waals surface area contributed by atoms with Gasteiger partial charge in [0.2, 0.25) is 0 Å². The molecule has 2 aliphatic rings. The smallest absolute Gasteiger partial charge is 0.295 e. The van der Waals surface area contributed by atoms with Gasteiger partial charge in [0.15, 0.2) is 5.16 Å². The van der Waals surface area contributed by atoms with E-state index in [2.05, 4.69) is 16.0 Å². The Morgan fingerprint density at radius 3 is 2.54 bits per heavy atom. The highest BCUT2D eigenvalue weighted by molar-refractivity contribution is 7.99. The third-order valence-corrected chi connectivity index (χ3v) is 5.17. The average Bonchev–Trinajstić information content (AvgIpc) is 2.84. The number of carbonyl (C=O) groups is 2. The van der Waals surface area contributed by atoms with Crippen LogP contribution in [0, 0.1) is 0 Å². The molecule has 1 aromatic heterocycles. The second-order valence-corrected chi connectivity index (χ2v) is 7.26. The SMILES string of the molecule is CC1(C)C=C(CSc2ncccn2)c2cccc3c2N1C(=O)C3=O. The number of aromatic nitrogens is 2. The molecule has 0 spiro atoms. The van der Waals surface area contributed by atoms with Crippen LogP contribution in [0.5, 0.6) is 0 Å². The molecule has 5 nitrogen and oxygen atoms in total. The minimum atomic E-state index is -0.542. The van der Waals surface area contributed by atoms with Gasteiger partial charge in [-0.25, -0.2) is 9.97 Å². The van der Waals surface area contributed by atoms with Crippen LogP contribution in [0.15, 0.2) is 47.9 Å². The van der Waals surface area contributed by atoms with Crippen molar-refractivity contribution in [1.82, 2.24) is 9.97 Å². The van der Waals surface area contributed by atoms with Crippen molar-refractivity contribution < 1.29 is 9.59 Å². The van der Waals surface area contributed by atoms with Crippen LogP contribution in [-0.4, -0.2) is 33.0 Å². The fourth-order valence-corrected chi connectivity index (χ4v) is 4.08. The monoisotopic (exact) mass is 337 g/mol. The minimum absolute atomic E-state index is 0.423. The average molecular weight is 337 g/mol. The third-order valence-electron chi connectivity index (χ3n) is 4.25. The summed E-state index contributed by atoms with van der Waals surface area (Å²) in [6.07, 6.45) is 5.49. The lowest BCUT2D eigenvalue weighted by Crippen LogP contribution is -2.47. The predicted molar refractivity (Wildman–Crippen MR) is 93.1 cm³/mol. The molecule has 2 aliphatic heterocycles. The second kappa shape index (κ2) is 5.27. The summed E-state index contributed by atoms with van der Waals surface area (Å²) in [5, 5.41) is 0.707. The highest BCUT2D eigenvalue weighted by Gasteiger charge is 2.46. The summed E-state index contributed by atoms with van der Waals surface area (Å²) in [4.78, 5) is 34.8. The Bertz CT molecular complexity index is 890. The van der Waals surface area contributed by atoms with Crippen molar-refractivity contribution in [3.8, 4) is 0 Å². The Kier molecular flexibility index (Phi) is 3.31. The number of rotatable bonds is 3. The molecule has 24 heavy (non-hydrogen) atoms. The van der Waals surface area contributed by atoms with Crippen LogP contribution >= 0.6 is 11.8 Å². The predicted octanol–water partition coefficient (Wildman–Crippen LogP) is 2.97. The number of anilines is 1. The summed E-state index contributed by atoms with van der Waals surface area (Å²) < 4.78 is 0.